The highest BCUT2D eigenvalue weighted by atomic mass is 16.1. The third-order valence-corrected chi connectivity index (χ3v) is 3.90. The molecule has 0 bridgehead atoms. The Balaban J connectivity index is 2.09. The van der Waals surface area contributed by atoms with Crippen molar-refractivity contribution in [3.05, 3.63) is 29.3 Å². The molecule has 2 N–H and O–H groups in total. The van der Waals surface area contributed by atoms with Crippen LogP contribution in [0, 0.1) is 12.8 Å². The molecule has 1 amide bonds. The average molecular weight is 260 g/mol. The van der Waals surface area contributed by atoms with Gasteiger partial charge < -0.3 is 10.6 Å². The van der Waals surface area contributed by atoms with Gasteiger partial charge in [-0.25, -0.2) is 0 Å². The molecule has 1 aromatic carbocycles. The average Bonchev–Trinajstić information content (AvgIpc) is 2.42. The van der Waals surface area contributed by atoms with Gasteiger partial charge >= 0.3 is 0 Å². The summed E-state index contributed by atoms with van der Waals surface area (Å²) in [5.74, 6) is 0.809. The van der Waals surface area contributed by atoms with Crippen LogP contribution >= 0.6 is 0 Å². The Kier molecular flexibility index (Phi) is 4.59. The molecule has 3 heteroatoms. The van der Waals surface area contributed by atoms with Crippen molar-refractivity contribution in [1.82, 2.24) is 5.32 Å². The number of carbonyl (C=O) groups is 1. The first-order chi connectivity index (χ1) is 9.08. The summed E-state index contributed by atoms with van der Waals surface area (Å²) in [4.78, 5) is 12.3. The Bertz CT molecular complexity index is 448. The third-order valence-electron chi connectivity index (χ3n) is 3.90. The van der Waals surface area contributed by atoms with Gasteiger partial charge in [-0.1, -0.05) is 26.0 Å². The van der Waals surface area contributed by atoms with Crippen LogP contribution in [0.2, 0.25) is 0 Å². The van der Waals surface area contributed by atoms with E-state index >= 15 is 0 Å². The lowest BCUT2D eigenvalue weighted by molar-refractivity contribution is -0.120. The Morgan fingerprint density at radius 2 is 2.00 bits per heavy atom. The lowest BCUT2D eigenvalue weighted by atomic mass is 9.96. The fraction of sp³-hybridized carbons (Fsp3) is 0.562. The summed E-state index contributed by atoms with van der Waals surface area (Å²) in [6, 6.07) is 6.34. The van der Waals surface area contributed by atoms with Gasteiger partial charge in [0, 0.05) is 11.6 Å². The van der Waals surface area contributed by atoms with E-state index < -0.39 is 0 Å². The normalized spacial score (nSPS) is 16.6. The molecule has 3 nitrogen and oxygen atoms in total. The maximum atomic E-state index is 12.3. The predicted molar refractivity (Wildman–Crippen MR) is 79.5 cm³/mol. The van der Waals surface area contributed by atoms with Crippen LogP contribution in [0.15, 0.2) is 18.2 Å². The fourth-order valence-electron chi connectivity index (χ4n) is 2.45. The Morgan fingerprint density at radius 3 is 2.63 bits per heavy atom. The van der Waals surface area contributed by atoms with Crippen molar-refractivity contribution in [3.63, 3.8) is 0 Å². The van der Waals surface area contributed by atoms with Gasteiger partial charge in [0.25, 0.3) is 0 Å². The van der Waals surface area contributed by atoms with Gasteiger partial charge in [-0.15, -0.1) is 0 Å². The highest BCUT2D eigenvalue weighted by Crippen LogP contribution is 2.23. The van der Waals surface area contributed by atoms with E-state index in [2.05, 4.69) is 42.7 Å². The highest BCUT2D eigenvalue weighted by molar-refractivity contribution is 5.93. The molecule has 1 heterocycles. The number of rotatable bonds is 3. The van der Waals surface area contributed by atoms with Crippen LogP contribution < -0.4 is 10.6 Å². The highest BCUT2D eigenvalue weighted by Gasteiger charge is 2.21. The summed E-state index contributed by atoms with van der Waals surface area (Å²) in [5.41, 5.74) is 3.37. The van der Waals surface area contributed by atoms with Crippen LogP contribution in [0.1, 0.15) is 43.7 Å². The van der Waals surface area contributed by atoms with Gasteiger partial charge in [0.2, 0.25) is 5.91 Å². The Hall–Kier alpha value is -1.35. The maximum absolute atomic E-state index is 12.3. The number of amides is 1. The van der Waals surface area contributed by atoms with E-state index in [1.165, 1.54) is 5.56 Å². The molecule has 1 aliphatic heterocycles. The minimum atomic E-state index is 0.156. The molecule has 19 heavy (non-hydrogen) atoms. The first kappa shape index (κ1) is 14.1. The molecule has 1 fully saturated rings. The molecule has 0 spiro atoms. The second-order valence-electron chi connectivity index (χ2n) is 5.74. The number of hydrogen-bond acceptors (Lipinski definition) is 2. The van der Waals surface area contributed by atoms with Crippen LogP contribution in [0.25, 0.3) is 0 Å². The zero-order valence-electron chi connectivity index (χ0n) is 12.1. The SMILES string of the molecule is Cc1ccc(C(C)C)cc1NC(=O)C1CCNCC1. The van der Waals surface area contributed by atoms with Crippen molar-refractivity contribution in [1.29, 1.82) is 0 Å². The second kappa shape index (κ2) is 6.20. The molecule has 0 radical (unpaired) electrons. The van der Waals surface area contributed by atoms with Gasteiger partial charge in [0.1, 0.15) is 0 Å². The lowest BCUT2D eigenvalue weighted by Gasteiger charge is -2.22. The first-order valence-electron chi connectivity index (χ1n) is 7.20. The second-order valence-corrected chi connectivity index (χ2v) is 5.74. The van der Waals surface area contributed by atoms with Gasteiger partial charge in [-0.2, -0.15) is 0 Å². The standard InChI is InChI=1S/C16H24N2O/c1-11(2)14-5-4-12(3)15(10-14)18-16(19)13-6-8-17-9-7-13/h4-5,10-11,13,17H,6-9H2,1-3H3,(H,18,19). The number of piperidine rings is 1. The van der Waals surface area contributed by atoms with E-state index in [0.29, 0.717) is 5.92 Å². The molecule has 2 rings (SSSR count). The van der Waals surface area contributed by atoms with Gasteiger partial charge in [-0.3, -0.25) is 4.79 Å². The van der Waals surface area contributed by atoms with Crippen LogP contribution in [0.5, 0.6) is 0 Å². The predicted octanol–water partition coefficient (Wildman–Crippen LogP) is 3.06. The molecule has 1 aromatic rings. The van der Waals surface area contributed by atoms with Crippen LogP contribution in [0.4, 0.5) is 5.69 Å². The van der Waals surface area contributed by atoms with E-state index in [0.717, 1.165) is 37.2 Å². The van der Waals surface area contributed by atoms with Crippen LogP contribution in [0.3, 0.4) is 0 Å². The van der Waals surface area contributed by atoms with E-state index in [1.807, 2.05) is 6.92 Å². The molecular weight excluding hydrogens is 236 g/mol. The molecule has 1 aliphatic rings. The lowest BCUT2D eigenvalue weighted by Crippen LogP contribution is -2.34. The first-order valence-corrected chi connectivity index (χ1v) is 7.20. The van der Waals surface area contributed by atoms with Gasteiger partial charge in [-0.05, 0) is 56.0 Å². The number of aryl methyl sites for hydroxylation is 1. The number of anilines is 1. The summed E-state index contributed by atoms with van der Waals surface area (Å²) >= 11 is 0. The molecule has 1 saturated heterocycles. The fourth-order valence-corrected chi connectivity index (χ4v) is 2.45. The molecule has 0 aliphatic carbocycles. The van der Waals surface area contributed by atoms with Crippen LogP contribution in [-0.2, 0) is 4.79 Å². The van der Waals surface area contributed by atoms with E-state index in [1.54, 1.807) is 0 Å². The molecule has 104 valence electrons. The third kappa shape index (κ3) is 3.57. The van der Waals surface area contributed by atoms with Crippen molar-refractivity contribution < 1.29 is 4.79 Å². The zero-order valence-corrected chi connectivity index (χ0v) is 12.1. The van der Waals surface area contributed by atoms with Crippen molar-refractivity contribution in [2.45, 2.75) is 39.5 Å². The van der Waals surface area contributed by atoms with Gasteiger partial charge in [0.15, 0.2) is 0 Å². The van der Waals surface area contributed by atoms with E-state index in [4.69, 9.17) is 0 Å². The monoisotopic (exact) mass is 260 g/mol. The minimum Gasteiger partial charge on any atom is -0.326 e. The summed E-state index contributed by atoms with van der Waals surface area (Å²) in [6.45, 7) is 8.28. The molecule has 0 aromatic heterocycles. The van der Waals surface area contributed by atoms with Crippen molar-refractivity contribution >= 4 is 11.6 Å². The molecule has 0 atom stereocenters. The molecule has 0 saturated carbocycles. The summed E-state index contributed by atoms with van der Waals surface area (Å²) in [7, 11) is 0. The quantitative estimate of drug-likeness (QED) is 0.877. The Labute approximate surface area is 115 Å². The van der Waals surface area contributed by atoms with Crippen molar-refractivity contribution in [2.75, 3.05) is 18.4 Å². The minimum absolute atomic E-state index is 0.156. The number of hydrogen-bond donors (Lipinski definition) is 2. The van der Waals surface area contributed by atoms with Crippen molar-refractivity contribution in [3.8, 4) is 0 Å². The molecular formula is C16H24N2O. The van der Waals surface area contributed by atoms with E-state index in [-0.39, 0.29) is 11.8 Å². The zero-order chi connectivity index (χ0) is 13.8. The molecule has 0 unspecified atom stereocenters. The maximum Gasteiger partial charge on any atom is 0.227 e. The summed E-state index contributed by atoms with van der Waals surface area (Å²) in [5, 5.41) is 6.40. The smallest absolute Gasteiger partial charge is 0.227 e. The number of carbonyl (C=O) groups excluding carboxylic acids is 1. The Morgan fingerprint density at radius 1 is 1.32 bits per heavy atom. The topological polar surface area (TPSA) is 41.1 Å². The number of benzene rings is 1. The van der Waals surface area contributed by atoms with Gasteiger partial charge in [0.05, 0.1) is 0 Å². The summed E-state index contributed by atoms with van der Waals surface area (Å²) in [6.07, 6.45) is 1.88. The van der Waals surface area contributed by atoms with E-state index in [9.17, 15) is 4.79 Å². The largest absolute Gasteiger partial charge is 0.326 e. The summed E-state index contributed by atoms with van der Waals surface area (Å²) < 4.78 is 0. The van der Waals surface area contributed by atoms with Crippen molar-refractivity contribution in [2.24, 2.45) is 5.92 Å². The van der Waals surface area contributed by atoms with Crippen LogP contribution in [-0.4, -0.2) is 19.0 Å². The number of nitrogens with one attached hydrogen (secondary N) is 2.